The van der Waals surface area contributed by atoms with Crippen molar-refractivity contribution in [1.82, 2.24) is 14.9 Å². The summed E-state index contributed by atoms with van der Waals surface area (Å²) < 4.78 is 26.8. The Balaban J connectivity index is 2.08. The van der Waals surface area contributed by atoms with Crippen LogP contribution in [0.3, 0.4) is 0 Å². The molecule has 1 fully saturated rings. The van der Waals surface area contributed by atoms with Crippen molar-refractivity contribution in [2.24, 2.45) is 0 Å². The number of sulfonamides is 1. The first kappa shape index (κ1) is 17.9. The minimum atomic E-state index is -3.50. The van der Waals surface area contributed by atoms with Crippen molar-refractivity contribution in [2.45, 2.75) is 30.6 Å². The zero-order valence-corrected chi connectivity index (χ0v) is 14.4. The molecule has 0 saturated carbocycles. The Morgan fingerprint density at radius 1 is 1.17 bits per heavy atom. The molecule has 0 radical (unpaired) electrons. The lowest BCUT2D eigenvalue weighted by Crippen LogP contribution is -2.35. The van der Waals surface area contributed by atoms with Crippen molar-refractivity contribution in [3.63, 3.8) is 0 Å². The molecule has 0 unspecified atom stereocenters. The molecule has 1 heterocycles. The Labute approximate surface area is 138 Å². The second-order valence-corrected chi connectivity index (χ2v) is 7.64. The summed E-state index contributed by atoms with van der Waals surface area (Å²) in [7, 11) is -1.65. The first-order valence-corrected chi connectivity index (χ1v) is 9.53. The third-order valence-electron chi connectivity index (χ3n) is 3.94. The van der Waals surface area contributed by atoms with Crippen molar-refractivity contribution < 1.29 is 13.2 Å². The van der Waals surface area contributed by atoms with Crippen LogP contribution in [0.5, 0.6) is 0 Å². The molecule has 0 aromatic heterocycles. The standard InChI is InChI=1S/C16H25N3O3S/c1-17-9-6-10-18-16(20)14-7-5-8-15(13-14)23(21,22)19-11-3-2-4-12-19/h5,7-8,13,17H,2-4,6,9-12H2,1H3,(H,18,20). The van der Waals surface area contributed by atoms with E-state index in [2.05, 4.69) is 10.6 Å². The maximum absolute atomic E-state index is 12.6. The molecule has 1 aliphatic heterocycles. The van der Waals surface area contributed by atoms with Crippen LogP contribution < -0.4 is 10.6 Å². The van der Waals surface area contributed by atoms with Crippen LogP contribution in [0.15, 0.2) is 29.2 Å². The van der Waals surface area contributed by atoms with Gasteiger partial charge >= 0.3 is 0 Å². The van der Waals surface area contributed by atoms with E-state index >= 15 is 0 Å². The van der Waals surface area contributed by atoms with Gasteiger partial charge in [-0.15, -0.1) is 0 Å². The number of carbonyl (C=O) groups is 1. The third-order valence-corrected chi connectivity index (χ3v) is 5.83. The molecule has 23 heavy (non-hydrogen) atoms. The van der Waals surface area contributed by atoms with Gasteiger partial charge in [0.05, 0.1) is 4.90 Å². The van der Waals surface area contributed by atoms with E-state index in [9.17, 15) is 13.2 Å². The molecule has 0 spiro atoms. The summed E-state index contributed by atoms with van der Waals surface area (Å²) >= 11 is 0. The van der Waals surface area contributed by atoms with Crippen molar-refractivity contribution in [1.29, 1.82) is 0 Å². The molecule has 2 rings (SSSR count). The number of hydrogen-bond donors (Lipinski definition) is 2. The molecule has 1 aliphatic rings. The molecule has 0 atom stereocenters. The van der Waals surface area contributed by atoms with Gasteiger partial charge in [-0.3, -0.25) is 4.79 Å². The Morgan fingerprint density at radius 2 is 1.91 bits per heavy atom. The number of nitrogens with one attached hydrogen (secondary N) is 2. The van der Waals surface area contributed by atoms with E-state index in [1.165, 1.54) is 10.4 Å². The minimum absolute atomic E-state index is 0.197. The molecular weight excluding hydrogens is 314 g/mol. The SMILES string of the molecule is CNCCCNC(=O)c1cccc(S(=O)(=O)N2CCCCC2)c1. The number of rotatable bonds is 7. The Bertz CT molecular complexity index is 625. The topological polar surface area (TPSA) is 78.5 Å². The molecule has 0 aliphatic carbocycles. The maximum Gasteiger partial charge on any atom is 0.251 e. The normalized spacial score (nSPS) is 16.2. The van der Waals surface area contributed by atoms with Crippen LogP contribution in [0.25, 0.3) is 0 Å². The highest BCUT2D eigenvalue weighted by atomic mass is 32.2. The van der Waals surface area contributed by atoms with Gasteiger partial charge in [-0.2, -0.15) is 4.31 Å². The molecule has 128 valence electrons. The number of amides is 1. The molecule has 1 aromatic carbocycles. The van der Waals surface area contributed by atoms with E-state index < -0.39 is 10.0 Å². The van der Waals surface area contributed by atoms with Gasteiger partial charge in [-0.05, 0) is 51.1 Å². The highest BCUT2D eigenvalue weighted by molar-refractivity contribution is 7.89. The van der Waals surface area contributed by atoms with Gasteiger partial charge in [-0.1, -0.05) is 12.5 Å². The molecule has 2 N–H and O–H groups in total. The van der Waals surface area contributed by atoms with E-state index in [0.29, 0.717) is 25.2 Å². The molecule has 6 nitrogen and oxygen atoms in total. The van der Waals surface area contributed by atoms with E-state index in [1.54, 1.807) is 18.2 Å². The van der Waals surface area contributed by atoms with Gasteiger partial charge < -0.3 is 10.6 Å². The third kappa shape index (κ3) is 4.76. The summed E-state index contributed by atoms with van der Waals surface area (Å²) in [5.41, 5.74) is 0.382. The number of piperidine rings is 1. The number of benzene rings is 1. The van der Waals surface area contributed by atoms with Crippen LogP contribution in [0.1, 0.15) is 36.0 Å². The number of nitrogens with zero attached hydrogens (tertiary/aromatic N) is 1. The summed E-state index contributed by atoms with van der Waals surface area (Å²) in [4.78, 5) is 12.3. The second-order valence-electron chi connectivity index (χ2n) is 5.71. The molecule has 1 amide bonds. The lowest BCUT2D eigenvalue weighted by molar-refractivity contribution is 0.0953. The average molecular weight is 339 g/mol. The monoisotopic (exact) mass is 339 g/mol. The summed E-state index contributed by atoms with van der Waals surface area (Å²) in [6, 6.07) is 6.29. The highest BCUT2D eigenvalue weighted by Crippen LogP contribution is 2.21. The molecule has 0 bridgehead atoms. The number of hydrogen-bond acceptors (Lipinski definition) is 4. The van der Waals surface area contributed by atoms with Gasteiger partial charge in [0.2, 0.25) is 10.0 Å². The van der Waals surface area contributed by atoms with E-state index in [1.807, 2.05) is 7.05 Å². The fraction of sp³-hybridized carbons (Fsp3) is 0.562. The first-order valence-electron chi connectivity index (χ1n) is 8.09. The lowest BCUT2D eigenvalue weighted by atomic mass is 10.2. The van der Waals surface area contributed by atoms with E-state index in [0.717, 1.165) is 32.2 Å². The van der Waals surface area contributed by atoms with Crippen LogP contribution in [0, 0.1) is 0 Å². The van der Waals surface area contributed by atoms with Gasteiger partial charge in [0.15, 0.2) is 0 Å². The van der Waals surface area contributed by atoms with Crippen LogP contribution >= 0.6 is 0 Å². The van der Waals surface area contributed by atoms with Crippen LogP contribution in [-0.4, -0.2) is 51.9 Å². The zero-order valence-electron chi connectivity index (χ0n) is 13.5. The molecular formula is C16H25N3O3S. The van der Waals surface area contributed by atoms with Crippen LogP contribution in [-0.2, 0) is 10.0 Å². The quantitative estimate of drug-likeness (QED) is 0.732. The Hall–Kier alpha value is -1.44. The van der Waals surface area contributed by atoms with Crippen LogP contribution in [0.2, 0.25) is 0 Å². The maximum atomic E-state index is 12.6. The highest BCUT2D eigenvalue weighted by Gasteiger charge is 2.26. The molecule has 1 saturated heterocycles. The van der Waals surface area contributed by atoms with Crippen molar-refractivity contribution in [2.75, 3.05) is 33.2 Å². The first-order chi connectivity index (χ1) is 11.1. The summed E-state index contributed by atoms with van der Waals surface area (Å²) in [5.74, 6) is -0.239. The summed E-state index contributed by atoms with van der Waals surface area (Å²) in [5, 5.41) is 5.82. The fourth-order valence-electron chi connectivity index (χ4n) is 2.62. The van der Waals surface area contributed by atoms with Crippen molar-refractivity contribution >= 4 is 15.9 Å². The largest absolute Gasteiger partial charge is 0.352 e. The summed E-state index contributed by atoms with van der Waals surface area (Å²) in [6.45, 7) is 2.50. The fourth-order valence-corrected chi connectivity index (χ4v) is 4.18. The van der Waals surface area contributed by atoms with Gasteiger partial charge in [0, 0.05) is 25.2 Å². The van der Waals surface area contributed by atoms with Gasteiger partial charge in [0.1, 0.15) is 0 Å². The smallest absolute Gasteiger partial charge is 0.251 e. The summed E-state index contributed by atoms with van der Waals surface area (Å²) in [6.07, 6.45) is 3.69. The zero-order chi connectivity index (χ0) is 16.7. The van der Waals surface area contributed by atoms with Crippen molar-refractivity contribution in [3.8, 4) is 0 Å². The van der Waals surface area contributed by atoms with Gasteiger partial charge in [0.25, 0.3) is 5.91 Å². The molecule has 1 aromatic rings. The average Bonchev–Trinajstić information content (AvgIpc) is 2.59. The van der Waals surface area contributed by atoms with E-state index in [-0.39, 0.29) is 10.8 Å². The second kappa shape index (κ2) is 8.42. The minimum Gasteiger partial charge on any atom is -0.352 e. The van der Waals surface area contributed by atoms with Crippen molar-refractivity contribution in [3.05, 3.63) is 29.8 Å². The Kier molecular flexibility index (Phi) is 6.56. The Morgan fingerprint density at radius 3 is 2.61 bits per heavy atom. The molecule has 7 heteroatoms. The number of carbonyl (C=O) groups excluding carboxylic acids is 1. The predicted molar refractivity (Wildman–Crippen MR) is 89.9 cm³/mol. The predicted octanol–water partition coefficient (Wildman–Crippen LogP) is 1.20. The van der Waals surface area contributed by atoms with Crippen LogP contribution in [0.4, 0.5) is 0 Å². The lowest BCUT2D eigenvalue weighted by Gasteiger charge is -2.26. The van der Waals surface area contributed by atoms with E-state index in [4.69, 9.17) is 0 Å². The van der Waals surface area contributed by atoms with Gasteiger partial charge in [-0.25, -0.2) is 8.42 Å².